The Hall–Kier alpha value is -1.12. The van der Waals surface area contributed by atoms with E-state index in [1.807, 2.05) is 0 Å². The molecule has 1 heterocycles. The second-order valence-electron chi connectivity index (χ2n) is 4.03. The summed E-state index contributed by atoms with van der Waals surface area (Å²) in [5.74, 6) is 1.54. The minimum atomic E-state index is 0.153. The van der Waals surface area contributed by atoms with Gasteiger partial charge >= 0.3 is 0 Å². The Morgan fingerprint density at radius 3 is 2.38 bits per heavy atom. The van der Waals surface area contributed by atoms with Crippen LogP contribution in [-0.4, -0.2) is 6.10 Å². The average Bonchev–Trinajstić information content (AvgIpc) is 2.38. The number of fused-ring (bicyclic) bond motifs is 1. The van der Waals surface area contributed by atoms with Crippen LogP contribution in [0.3, 0.4) is 0 Å². The highest BCUT2D eigenvalue weighted by molar-refractivity contribution is 5.21. The van der Waals surface area contributed by atoms with Gasteiger partial charge < -0.3 is 16.2 Å². The molecule has 0 aromatic carbocycles. The third-order valence-corrected chi connectivity index (χ3v) is 3.06. The molecule has 2 aliphatic rings. The van der Waals surface area contributed by atoms with E-state index >= 15 is 0 Å². The lowest BCUT2D eigenvalue weighted by Gasteiger charge is -2.30. The molecule has 0 fully saturated rings. The Labute approximate surface area is 78.4 Å². The summed E-state index contributed by atoms with van der Waals surface area (Å²) in [7, 11) is 0. The first-order valence-electron chi connectivity index (χ1n) is 4.71. The second kappa shape index (κ2) is 2.69. The first-order chi connectivity index (χ1) is 6.11. The van der Waals surface area contributed by atoms with Crippen molar-refractivity contribution in [3.63, 3.8) is 0 Å². The predicted molar refractivity (Wildman–Crippen MR) is 51.2 cm³/mol. The summed E-state index contributed by atoms with van der Waals surface area (Å²) in [4.78, 5) is 0. The molecule has 72 valence electrons. The third kappa shape index (κ3) is 1.10. The van der Waals surface area contributed by atoms with Crippen LogP contribution >= 0.6 is 0 Å². The van der Waals surface area contributed by atoms with Gasteiger partial charge in [0.05, 0.1) is 5.70 Å². The molecule has 0 aromatic rings. The van der Waals surface area contributed by atoms with Crippen molar-refractivity contribution in [1.82, 2.24) is 0 Å². The van der Waals surface area contributed by atoms with Gasteiger partial charge in [-0.2, -0.15) is 0 Å². The van der Waals surface area contributed by atoms with Gasteiger partial charge in [-0.15, -0.1) is 0 Å². The van der Waals surface area contributed by atoms with Crippen LogP contribution in [0.15, 0.2) is 23.7 Å². The molecule has 1 aliphatic carbocycles. The standard InChI is InChI=1S/C10H16N2O/c1-5-3-4-6(2)9-7(5)8(11)10(12)13-9/h3-7,9H,11-12H2,1-2H3. The molecule has 3 nitrogen and oxygen atoms in total. The van der Waals surface area contributed by atoms with Crippen molar-refractivity contribution in [2.45, 2.75) is 20.0 Å². The lowest BCUT2D eigenvalue weighted by Crippen LogP contribution is -2.34. The molecular weight excluding hydrogens is 164 g/mol. The van der Waals surface area contributed by atoms with Crippen LogP contribution < -0.4 is 11.5 Å². The SMILES string of the molecule is CC1C=CC(C)C2C(N)=C(N)OC12. The first kappa shape index (κ1) is 8.48. The highest BCUT2D eigenvalue weighted by Crippen LogP contribution is 2.39. The maximum Gasteiger partial charge on any atom is 0.204 e. The van der Waals surface area contributed by atoms with Gasteiger partial charge in [-0.05, 0) is 5.92 Å². The summed E-state index contributed by atoms with van der Waals surface area (Å²) in [6.07, 6.45) is 4.53. The maximum atomic E-state index is 5.88. The molecule has 4 unspecified atom stereocenters. The van der Waals surface area contributed by atoms with Gasteiger partial charge in [-0.25, -0.2) is 0 Å². The number of nitrogens with two attached hydrogens (primary N) is 2. The summed E-state index contributed by atoms with van der Waals surface area (Å²) in [5.41, 5.74) is 12.3. The summed E-state index contributed by atoms with van der Waals surface area (Å²) in [6, 6.07) is 0. The Bertz CT molecular complexity index is 283. The Morgan fingerprint density at radius 1 is 1.15 bits per heavy atom. The quantitative estimate of drug-likeness (QED) is 0.545. The summed E-state index contributed by atoms with van der Waals surface area (Å²) < 4.78 is 5.54. The molecule has 0 saturated heterocycles. The van der Waals surface area contributed by atoms with Crippen LogP contribution in [0.5, 0.6) is 0 Å². The zero-order chi connectivity index (χ0) is 9.59. The molecule has 0 saturated carbocycles. The zero-order valence-corrected chi connectivity index (χ0v) is 8.03. The normalized spacial score (nSPS) is 43.2. The molecule has 0 spiro atoms. The molecule has 1 aliphatic heterocycles. The van der Waals surface area contributed by atoms with Gasteiger partial charge in [0, 0.05) is 11.8 Å². The lowest BCUT2D eigenvalue weighted by atomic mass is 9.77. The highest BCUT2D eigenvalue weighted by atomic mass is 16.5. The minimum absolute atomic E-state index is 0.153. The van der Waals surface area contributed by atoms with Crippen molar-refractivity contribution < 1.29 is 4.74 Å². The number of hydrogen-bond acceptors (Lipinski definition) is 3. The van der Waals surface area contributed by atoms with Crippen LogP contribution in [0, 0.1) is 17.8 Å². The fraction of sp³-hybridized carbons (Fsp3) is 0.600. The molecular formula is C10H16N2O. The van der Waals surface area contributed by atoms with Gasteiger partial charge in [0.2, 0.25) is 5.88 Å². The van der Waals surface area contributed by atoms with E-state index in [2.05, 4.69) is 26.0 Å². The van der Waals surface area contributed by atoms with Crippen molar-refractivity contribution >= 4 is 0 Å². The minimum Gasteiger partial charge on any atom is -0.473 e. The molecule has 0 radical (unpaired) electrons. The third-order valence-electron chi connectivity index (χ3n) is 3.06. The highest BCUT2D eigenvalue weighted by Gasteiger charge is 2.41. The number of rotatable bonds is 0. The average molecular weight is 180 g/mol. The van der Waals surface area contributed by atoms with Crippen LogP contribution in [0.25, 0.3) is 0 Å². The van der Waals surface area contributed by atoms with Gasteiger partial charge in [0.1, 0.15) is 6.10 Å². The van der Waals surface area contributed by atoms with Crippen molar-refractivity contribution in [3.05, 3.63) is 23.7 Å². The van der Waals surface area contributed by atoms with E-state index in [1.54, 1.807) is 0 Å². The number of hydrogen-bond donors (Lipinski definition) is 2. The topological polar surface area (TPSA) is 61.3 Å². The second-order valence-corrected chi connectivity index (χ2v) is 4.03. The Kier molecular flexibility index (Phi) is 1.75. The fourth-order valence-electron chi connectivity index (χ4n) is 2.23. The van der Waals surface area contributed by atoms with E-state index in [0.717, 1.165) is 5.70 Å². The molecule has 13 heavy (non-hydrogen) atoms. The summed E-state index contributed by atoms with van der Waals surface area (Å²) >= 11 is 0. The molecule has 2 rings (SSSR count). The molecule has 4 atom stereocenters. The van der Waals surface area contributed by atoms with E-state index in [0.29, 0.717) is 17.7 Å². The van der Waals surface area contributed by atoms with Gasteiger partial charge in [0.25, 0.3) is 0 Å². The smallest absolute Gasteiger partial charge is 0.204 e. The van der Waals surface area contributed by atoms with Gasteiger partial charge in [-0.3, -0.25) is 0 Å². The number of ether oxygens (including phenoxy) is 1. The molecule has 4 N–H and O–H groups in total. The summed E-state index contributed by atoms with van der Waals surface area (Å²) in [5, 5.41) is 0. The van der Waals surface area contributed by atoms with Crippen LogP contribution in [0.1, 0.15) is 13.8 Å². The summed E-state index contributed by atoms with van der Waals surface area (Å²) in [6.45, 7) is 4.28. The monoisotopic (exact) mass is 180 g/mol. The Balaban J connectivity index is 2.32. The predicted octanol–water partition coefficient (Wildman–Crippen LogP) is 0.930. The van der Waals surface area contributed by atoms with E-state index < -0.39 is 0 Å². The van der Waals surface area contributed by atoms with Crippen LogP contribution in [0.4, 0.5) is 0 Å². The molecule has 3 heteroatoms. The van der Waals surface area contributed by atoms with Crippen LogP contribution in [-0.2, 0) is 4.74 Å². The van der Waals surface area contributed by atoms with Crippen LogP contribution in [0.2, 0.25) is 0 Å². The lowest BCUT2D eigenvalue weighted by molar-refractivity contribution is 0.0624. The van der Waals surface area contributed by atoms with Gasteiger partial charge in [0.15, 0.2) is 0 Å². The maximum absolute atomic E-state index is 5.88. The van der Waals surface area contributed by atoms with E-state index in [-0.39, 0.29) is 12.0 Å². The zero-order valence-electron chi connectivity index (χ0n) is 8.03. The largest absolute Gasteiger partial charge is 0.473 e. The van der Waals surface area contributed by atoms with E-state index in [4.69, 9.17) is 16.2 Å². The molecule has 0 amide bonds. The van der Waals surface area contributed by atoms with Crippen molar-refractivity contribution in [2.75, 3.05) is 0 Å². The van der Waals surface area contributed by atoms with Crippen molar-refractivity contribution in [3.8, 4) is 0 Å². The molecule has 0 bridgehead atoms. The van der Waals surface area contributed by atoms with Crippen molar-refractivity contribution in [1.29, 1.82) is 0 Å². The fourth-order valence-corrected chi connectivity index (χ4v) is 2.23. The first-order valence-corrected chi connectivity index (χ1v) is 4.71. The van der Waals surface area contributed by atoms with Gasteiger partial charge in [-0.1, -0.05) is 26.0 Å². The number of allylic oxidation sites excluding steroid dienone is 1. The van der Waals surface area contributed by atoms with Crippen molar-refractivity contribution in [2.24, 2.45) is 29.2 Å². The van der Waals surface area contributed by atoms with E-state index in [9.17, 15) is 0 Å². The Morgan fingerprint density at radius 2 is 1.77 bits per heavy atom. The van der Waals surface area contributed by atoms with E-state index in [1.165, 1.54) is 0 Å². The molecule has 0 aromatic heterocycles.